The molecule has 0 aromatic heterocycles. The third kappa shape index (κ3) is 4.88. The Morgan fingerprint density at radius 3 is 2.32 bits per heavy atom. The minimum Gasteiger partial charge on any atom is -0.465 e. The number of nitrogens with one attached hydrogen (secondary N) is 1. The fourth-order valence-corrected chi connectivity index (χ4v) is 2.44. The summed E-state index contributed by atoms with van der Waals surface area (Å²) in [5.74, 6) is -1.12. The zero-order chi connectivity index (χ0) is 19.9. The zero-order valence-corrected chi connectivity index (χ0v) is 15.1. The highest BCUT2D eigenvalue weighted by atomic mass is 19.1. The van der Waals surface area contributed by atoms with Crippen molar-refractivity contribution in [3.05, 3.63) is 95.3 Å². The molecule has 0 aliphatic heterocycles. The summed E-state index contributed by atoms with van der Waals surface area (Å²) in [6.45, 7) is 0. The Labute approximate surface area is 161 Å². The van der Waals surface area contributed by atoms with Gasteiger partial charge in [0.2, 0.25) is 0 Å². The van der Waals surface area contributed by atoms with E-state index < -0.39 is 11.8 Å². The minimum atomic E-state index is -0.396. The van der Waals surface area contributed by atoms with Gasteiger partial charge in [-0.3, -0.25) is 9.79 Å². The third-order valence-corrected chi connectivity index (χ3v) is 3.90. The number of esters is 1. The largest absolute Gasteiger partial charge is 0.465 e. The van der Waals surface area contributed by atoms with Crippen molar-refractivity contribution in [2.24, 2.45) is 4.99 Å². The molecule has 3 aromatic carbocycles. The van der Waals surface area contributed by atoms with Crippen LogP contribution in [-0.2, 0) is 4.74 Å². The number of hydrogen-bond donors (Lipinski definition) is 1. The summed E-state index contributed by atoms with van der Waals surface area (Å²) in [7, 11) is 1.33. The lowest BCUT2D eigenvalue weighted by Crippen LogP contribution is -2.11. The number of hydrogen-bond acceptors (Lipinski definition) is 4. The summed E-state index contributed by atoms with van der Waals surface area (Å²) in [6, 6.07) is 19.2. The van der Waals surface area contributed by atoms with E-state index in [1.165, 1.54) is 31.4 Å². The molecule has 0 bridgehead atoms. The second kappa shape index (κ2) is 8.73. The van der Waals surface area contributed by atoms with Gasteiger partial charge in [-0.25, -0.2) is 9.18 Å². The van der Waals surface area contributed by atoms with Crippen LogP contribution >= 0.6 is 0 Å². The van der Waals surface area contributed by atoms with Gasteiger partial charge in [-0.05, 0) is 60.2 Å². The molecule has 0 radical (unpaired) electrons. The number of methoxy groups -OCH3 is 1. The number of ether oxygens (including phenoxy) is 1. The van der Waals surface area contributed by atoms with E-state index >= 15 is 0 Å². The molecule has 0 saturated carbocycles. The molecule has 3 aromatic rings. The highest BCUT2D eigenvalue weighted by molar-refractivity contribution is 6.04. The van der Waals surface area contributed by atoms with Gasteiger partial charge in [0.25, 0.3) is 5.91 Å². The fourth-order valence-electron chi connectivity index (χ4n) is 2.44. The summed E-state index contributed by atoms with van der Waals surface area (Å²) in [6.07, 6.45) is 1.65. The maximum Gasteiger partial charge on any atom is 0.337 e. The lowest BCUT2D eigenvalue weighted by molar-refractivity contribution is 0.0600. The molecular formula is C22H17FN2O3. The SMILES string of the molecule is COC(=O)c1ccc(C=Nc2cccc(NC(=O)c3ccc(F)cc3)c2)cc1. The second-order valence-corrected chi connectivity index (χ2v) is 5.88. The molecule has 0 saturated heterocycles. The van der Waals surface area contributed by atoms with Crippen LogP contribution in [-0.4, -0.2) is 25.2 Å². The maximum atomic E-state index is 13.0. The first-order valence-corrected chi connectivity index (χ1v) is 8.44. The van der Waals surface area contributed by atoms with E-state index in [0.717, 1.165) is 5.56 Å². The van der Waals surface area contributed by atoms with E-state index in [0.29, 0.717) is 22.5 Å². The predicted octanol–water partition coefficient (Wildman–Crippen LogP) is 4.62. The monoisotopic (exact) mass is 376 g/mol. The van der Waals surface area contributed by atoms with Gasteiger partial charge >= 0.3 is 5.97 Å². The van der Waals surface area contributed by atoms with E-state index in [1.807, 2.05) is 0 Å². The Kier molecular flexibility index (Phi) is 5.91. The average molecular weight is 376 g/mol. The topological polar surface area (TPSA) is 67.8 Å². The molecule has 0 atom stereocenters. The highest BCUT2D eigenvalue weighted by Gasteiger charge is 2.06. The van der Waals surface area contributed by atoms with Crippen LogP contribution in [0.5, 0.6) is 0 Å². The molecule has 5 nitrogen and oxygen atoms in total. The molecule has 0 spiro atoms. The van der Waals surface area contributed by atoms with Crippen LogP contribution < -0.4 is 5.32 Å². The van der Waals surface area contributed by atoms with Crippen LogP contribution in [0.3, 0.4) is 0 Å². The molecule has 0 aliphatic carbocycles. The van der Waals surface area contributed by atoms with Gasteiger partial charge in [0.15, 0.2) is 0 Å². The molecular weight excluding hydrogens is 359 g/mol. The van der Waals surface area contributed by atoms with Crippen molar-refractivity contribution in [3.8, 4) is 0 Å². The summed E-state index contributed by atoms with van der Waals surface area (Å²) in [5, 5.41) is 2.76. The Morgan fingerprint density at radius 1 is 0.964 bits per heavy atom. The fraction of sp³-hybridized carbons (Fsp3) is 0.0455. The number of nitrogens with zero attached hydrogens (tertiary/aromatic N) is 1. The van der Waals surface area contributed by atoms with Crippen molar-refractivity contribution >= 4 is 29.5 Å². The van der Waals surface area contributed by atoms with Crippen molar-refractivity contribution in [2.45, 2.75) is 0 Å². The van der Waals surface area contributed by atoms with Crippen molar-refractivity contribution < 1.29 is 18.7 Å². The molecule has 0 aliphatic rings. The van der Waals surface area contributed by atoms with E-state index in [4.69, 9.17) is 0 Å². The second-order valence-electron chi connectivity index (χ2n) is 5.88. The Morgan fingerprint density at radius 2 is 1.64 bits per heavy atom. The van der Waals surface area contributed by atoms with Gasteiger partial charge < -0.3 is 10.1 Å². The van der Waals surface area contributed by atoms with Crippen molar-refractivity contribution in [1.82, 2.24) is 0 Å². The normalized spacial score (nSPS) is 10.6. The molecule has 0 fully saturated rings. The van der Waals surface area contributed by atoms with Crippen molar-refractivity contribution in [2.75, 3.05) is 12.4 Å². The zero-order valence-electron chi connectivity index (χ0n) is 15.1. The number of rotatable bonds is 5. The number of amides is 1. The Bertz CT molecular complexity index is 1010. The quantitative estimate of drug-likeness (QED) is 0.522. The van der Waals surface area contributed by atoms with Gasteiger partial charge in [0, 0.05) is 17.5 Å². The van der Waals surface area contributed by atoms with Gasteiger partial charge in [0.1, 0.15) is 5.82 Å². The Hall–Kier alpha value is -3.80. The van der Waals surface area contributed by atoms with Crippen LogP contribution in [0.25, 0.3) is 0 Å². The molecule has 6 heteroatoms. The van der Waals surface area contributed by atoms with Gasteiger partial charge in [-0.15, -0.1) is 0 Å². The van der Waals surface area contributed by atoms with Crippen LogP contribution in [0.1, 0.15) is 26.3 Å². The van der Waals surface area contributed by atoms with Gasteiger partial charge in [-0.2, -0.15) is 0 Å². The van der Waals surface area contributed by atoms with E-state index in [1.54, 1.807) is 54.7 Å². The molecule has 1 N–H and O–H groups in total. The standard InChI is InChI=1S/C22H17FN2O3/c1-28-22(27)17-7-5-15(6-8-17)14-24-19-3-2-4-20(13-19)25-21(26)16-9-11-18(23)12-10-16/h2-14H,1H3,(H,25,26). The van der Waals surface area contributed by atoms with Crippen LogP contribution in [0.4, 0.5) is 15.8 Å². The molecule has 0 unspecified atom stereocenters. The molecule has 1 amide bonds. The van der Waals surface area contributed by atoms with Crippen molar-refractivity contribution in [3.63, 3.8) is 0 Å². The summed E-state index contributed by atoms with van der Waals surface area (Å²) in [5.41, 5.74) is 2.86. The van der Waals surface area contributed by atoms with Crippen LogP contribution in [0, 0.1) is 5.82 Å². The van der Waals surface area contributed by atoms with Gasteiger partial charge in [0.05, 0.1) is 18.4 Å². The number of anilines is 1. The first-order chi connectivity index (χ1) is 13.5. The predicted molar refractivity (Wildman–Crippen MR) is 106 cm³/mol. The number of benzene rings is 3. The first kappa shape index (κ1) is 19.0. The highest BCUT2D eigenvalue weighted by Crippen LogP contribution is 2.19. The van der Waals surface area contributed by atoms with E-state index in [2.05, 4.69) is 15.0 Å². The van der Waals surface area contributed by atoms with Crippen LogP contribution in [0.15, 0.2) is 77.8 Å². The summed E-state index contributed by atoms with van der Waals surface area (Å²) >= 11 is 0. The molecule has 3 rings (SSSR count). The van der Waals surface area contributed by atoms with E-state index in [9.17, 15) is 14.0 Å². The third-order valence-electron chi connectivity index (χ3n) is 3.90. The lowest BCUT2D eigenvalue weighted by Gasteiger charge is -2.06. The Balaban J connectivity index is 1.69. The smallest absolute Gasteiger partial charge is 0.337 e. The number of carbonyl (C=O) groups is 2. The number of carbonyl (C=O) groups excluding carboxylic acids is 2. The van der Waals surface area contributed by atoms with Crippen molar-refractivity contribution in [1.29, 1.82) is 0 Å². The molecule has 28 heavy (non-hydrogen) atoms. The average Bonchev–Trinajstić information content (AvgIpc) is 2.73. The molecule has 0 heterocycles. The summed E-state index contributed by atoms with van der Waals surface area (Å²) < 4.78 is 17.6. The molecule has 140 valence electrons. The number of aliphatic imine (C=N–C) groups is 1. The van der Waals surface area contributed by atoms with Gasteiger partial charge in [-0.1, -0.05) is 18.2 Å². The van der Waals surface area contributed by atoms with E-state index in [-0.39, 0.29) is 5.91 Å². The lowest BCUT2D eigenvalue weighted by atomic mass is 10.1. The maximum absolute atomic E-state index is 13.0. The first-order valence-electron chi connectivity index (χ1n) is 8.44. The minimum absolute atomic E-state index is 0.334. The van der Waals surface area contributed by atoms with Crippen LogP contribution in [0.2, 0.25) is 0 Å². The summed E-state index contributed by atoms with van der Waals surface area (Å²) in [4.78, 5) is 28.0. The number of halogens is 1.